The van der Waals surface area contributed by atoms with E-state index in [0.29, 0.717) is 19.5 Å². The Kier molecular flexibility index (Phi) is 5.84. The summed E-state index contributed by atoms with van der Waals surface area (Å²) in [6.07, 6.45) is 6.59. The second-order valence-electron chi connectivity index (χ2n) is 5.56. The standard InChI is InChI=1S/C16H24N2O3/c1-14(19)18(13-15-7-6-12-21-15)11-8-16(20)17-9-4-2-3-5-10-17/h6-7,12H,2-5,8-11,13H2,1H3. The molecule has 1 aromatic heterocycles. The highest BCUT2D eigenvalue weighted by atomic mass is 16.3. The second kappa shape index (κ2) is 7.86. The van der Waals surface area contributed by atoms with Crippen LogP contribution in [0.5, 0.6) is 0 Å². The Morgan fingerprint density at radius 3 is 2.52 bits per heavy atom. The van der Waals surface area contributed by atoms with Crippen LogP contribution in [0.3, 0.4) is 0 Å². The summed E-state index contributed by atoms with van der Waals surface area (Å²) in [6.45, 7) is 4.12. The van der Waals surface area contributed by atoms with Crippen molar-refractivity contribution in [2.45, 2.75) is 45.6 Å². The number of hydrogen-bond acceptors (Lipinski definition) is 3. The van der Waals surface area contributed by atoms with Crippen molar-refractivity contribution in [1.82, 2.24) is 9.80 Å². The third-order valence-electron chi connectivity index (χ3n) is 3.93. The minimum absolute atomic E-state index is 0.0323. The van der Waals surface area contributed by atoms with Crippen molar-refractivity contribution in [3.05, 3.63) is 24.2 Å². The third kappa shape index (κ3) is 4.92. The highest BCUT2D eigenvalue weighted by Gasteiger charge is 2.18. The molecule has 0 saturated carbocycles. The van der Waals surface area contributed by atoms with E-state index in [1.165, 1.54) is 19.8 Å². The first kappa shape index (κ1) is 15.6. The van der Waals surface area contributed by atoms with Crippen LogP contribution in [0, 0.1) is 0 Å². The number of rotatable bonds is 5. The van der Waals surface area contributed by atoms with E-state index in [4.69, 9.17) is 4.42 Å². The van der Waals surface area contributed by atoms with E-state index in [1.54, 1.807) is 17.2 Å². The second-order valence-corrected chi connectivity index (χ2v) is 5.56. The third-order valence-corrected chi connectivity index (χ3v) is 3.93. The van der Waals surface area contributed by atoms with Gasteiger partial charge in [0.15, 0.2) is 0 Å². The summed E-state index contributed by atoms with van der Waals surface area (Å²) in [5, 5.41) is 0. The lowest BCUT2D eigenvalue weighted by molar-refractivity contribution is -0.133. The van der Waals surface area contributed by atoms with Gasteiger partial charge in [-0.15, -0.1) is 0 Å². The van der Waals surface area contributed by atoms with Gasteiger partial charge in [-0.1, -0.05) is 12.8 Å². The van der Waals surface area contributed by atoms with Gasteiger partial charge in [0.2, 0.25) is 11.8 Å². The summed E-state index contributed by atoms with van der Waals surface area (Å²) >= 11 is 0. The van der Waals surface area contributed by atoms with Crippen molar-refractivity contribution >= 4 is 11.8 Å². The molecule has 2 rings (SSSR count). The fourth-order valence-electron chi connectivity index (χ4n) is 2.65. The molecule has 0 spiro atoms. The average Bonchev–Trinajstić information content (AvgIpc) is 2.82. The van der Waals surface area contributed by atoms with Crippen LogP contribution in [0.4, 0.5) is 0 Å². The van der Waals surface area contributed by atoms with E-state index in [-0.39, 0.29) is 11.8 Å². The van der Waals surface area contributed by atoms with Crippen LogP contribution in [0.15, 0.2) is 22.8 Å². The number of amides is 2. The van der Waals surface area contributed by atoms with Crippen molar-refractivity contribution < 1.29 is 14.0 Å². The van der Waals surface area contributed by atoms with E-state index >= 15 is 0 Å². The molecule has 2 heterocycles. The summed E-state index contributed by atoms with van der Waals surface area (Å²) < 4.78 is 5.26. The Hall–Kier alpha value is -1.78. The molecular formula is C16H24N2O3. The van der Waals surface area contributed by atoms with Gasteiger partial charge in [-0.05, 0) is 25.0 Å². The molecule has 1 aliphatic rings. The fraction of sp³-hybridized carbons (Fsp3) is 0.625. The maximum absolute atomic E-state index is 12.2. The molecule has 0 unspecified atom stereocenters. The van der Waals surface area contributed by atoms with Gasteiger partial charge in [-0.2, -0.15) is 0 Å². The predicted octanol–water partition coefficient (Wildman–Crippen LogP) is 2.42. The smallest absolute Gasteiger partial charge is 0.224 e. The van der Waals surface area contributed by atoms with Crippen LogP contribution < -0.4 is 0 Å². The van der Waals surface area contributed by atoms with Gasteiger partial charge in [0.1, 0.15) is 5.76 Å². The Balaban J connectivity index is 1.83. The van der Waals surface area contributed by atoms with Crippen molar-refractivity contribution in [3.63, 3.8) is 0 Å². The number of hydrogen-bond donors (Lipinski definition) is 0. The normalized spacial score (nSPS) is 15.6. The van der Waals surface area contributed by atoms with Gasteiger partial charge in [0.25, 0.3) is 0 Å². The summed E-state index contributed by atoms with van der Waals surface area (Å²) in [5.41, 5.74) is 0. The van der Waals surface area contributed by atoms with E-state index in [0.717, 1.165) is 31.7 Å². The summed E-state index contributed by atoms with van der Waals surface area (Å²) in [7, 11) is 0. The van der Waals surface area contributed by atoms with Gasteiger partial charge in [0.05, 0.1) is 12.8 Å². The van der Waals surface area contributed by atoms with Crippen molar-refractivity contribution in [1.29, 1.82) is 0 Å². The highest BCUT2D eigenvalue weighted by Crippen LogP contribution is 2.12. The summed E-state index contributed by atoms with van der Waals surface area (Å²) in [5.74, 6) is 0.866. The molecule has 5 heteroatoms. The molecule has 1 saturated heterocycles. The van der Waals surface area contributed by atoms with Gasteiger partial charge < -0.3 is 14.2 Å². The Bertz CT molecular complexity index is 448. The topological polar surface area (TPSA) is 53.8 Å². The molecule has 1 aromatic rings. The minimum Gasteiger partial charge on any atom is -0.467 e. The lowest BCUT2D eigenvalue weighted by atomic mass is 10.2. The van der Waals surface area contributed by atoms with Crippen molar-refractivity contribution in [3.8, 4) is 0 Å². The van der Waals surface area contributed by atoms with E-state index in [2.05, 4.69) is 0 Å². The van der Waals surface area contributed by atoms with Crippen molar-refractivity contribution in [2.75, 3.05) is 19.6 Å². The van der Waals surface area contributed by atoms with Crippen LogP contribution in [-0.2, 0) is 16.1 Å². The van der Waals surface area contributed by atoms with E-state index < -0.39 is 0 Å². The molecule has 1 fully saturated rings. The largest absolute Gasteiger partial charge is 0.467 e. The van der Waals surface area contributed by atoms with Crippen LogP contribution in [-0.4, -0.2) is 41.2 Å². The first-order chi connectivity index (χ1) is 10.2. The molecule has 0 radical (unpaired) electrons. The van der Waals surface area contributed by atoms with Gasteiger partial charge >= 0.3 is 0 Å². The molecule has 0 N–H and O–H groups in total. The lowest BCUT2D eigenvalue weighted by Gasteiger charge is -2.23. The molecule has 5 nitrogen and oxygen atoms in total. The summed E-state index contributed by atoms with van der Waals surface area (Å²) in [6, 6.07) is 3.64. The van der Waals surface area contributed by atoms with Crippen LogP contribution >= 0.6 is 0 Å². The first-order valence-corrected chi connectivity index (χ1v) is 7.72. The quantitative estimate of drug-likeness (QED) is 0.837. The predicted molar refractivity (Wildman–Crippen MR) is 79.5 cm³/mol. The first-order valence-electron chi connectivity index (χ1n) is 7.72. The highest BCUT2D eigenvalue weighted by molar-refractivity contribution is 5.78. The van der Waals surface area contributed by atoms with Gasteiger partial charge in [-0.3, -0.25) is 9.59 Å². The van der Waals surface area contributed by atoms with Gasteiger partial charge in [0, 0.05) is 33.0 Å². The Morgan fingerprint density at radius 2 is 1.95 bits per heavy atom. The number of carbonyl (C=O) groups excluding carboxylic acids is 2. The molecule has 0 aliphatic carbocycles. The molecular weight excluding hydrogens is 268 g/mol. The number of furan rings is 1. The van der Waals surface area contributed by atoms with Crippen LogP contribution in [0.2, 0.25) is 0 Å². The molecule has 0 bridgehead atoms. The SMILES string of the molecule is CC(=O)N(CCC(=O)N1CCCCCC1)Cc1ccco1. The van der Waals surface area contributed by atoms with Crippen LogP contribution in [0.1, 0.15) is 44.8 Å². The zero-order valence-corrected chi connectivity index (χ0v) is 12.7. The molecule has 0 aromatic carbocycles. The van der Waals surface area contributed by atoms with E-state index in [1.807, 2.05) is 11.0 Å². The minimum atomic E-state index is -0.0323. The number of likely N-dealkylation sites (tertiary alicyclic amines) is 1. The van der Waals surface area contributed by atoms with E-state index in [9.17, 15) is 9.59 Å². The van der Waals surface area contributed by atoms with Gasteiger partial charge in [-0.25, -0.2) is 0 Å². The molecule has 1 aliphatic heterocycles. The number of nitrogens with zero attached hydrogens (tertiary/aromatic N) is 2. The average molecular weight is 292 g/mol. The van der Waals surface area contributed by atoms with Crippen LogP contribution in [0.25, 0.3) is 0 Å². The number of carbonyl (C=O) groups is 2. The Morgan fingerprint density at radius 1 is 1.24 bits per heavy atom. The molecule has 21 heavy (non-hydrogen) atoms. The molecule has 2 amide bonds. The maximum Gasteiger partial charge on any atom is 0.224 e. The summed E-state index contributed by atoms with van der Waals surface area (Å²) in [4.78, 5) is 27.5. The molecule has 116 valence electrons. The molecule has 0 atom stereocenters. The Labute approximate surface area is 125 Å². The fourth-order valence-corrected chi connectivity index (χ4v) is 2.65. The maximum atomic E-state index is 12.2. The lowest BCUT2D eigenvalue weighted by Crippen LogP contribution is -2.36. The zero-order chi connectivity index (χ0) is 15.1. The zero-order valence-electron chi connectivity index (χ0n) is 12.7. The monoisotopic (exact) mass is 292 g/mol. The van der Waals surface area contributed by atoms with Crippen molar-refractivity contribution in [2.24, 2.45) is 0 Å².